The number of benzene rings is 1. The Morgan fingerprint density at radius 1 is 1.28 bits per heavy atom. The highest BCUT2D eigenvalue weighted by molar-refractivity contribution is 6.31. The van der Waals surface area contributed by atoms with Crippen LogP contribution in [0.3, 0.4) is 0 Å². The number of nitrogens with zero attached hydrogens (tertiary/aromatic N) is 1. The van der Waals surface area contributed by atoms with Crippen LogP contribution >= 0.6 is 11.6 Å². The lowest BCUT2D eigenvalue weighted by atomic mass is 9.89. The van der Waals surface area contributed by atoms with Gasteiger partial charge in [0.25, 0.3) is 0 Å². The molecule has 18 heavy (non-hydrogen) atoms. The first-order valence-electron chi connectivity index (χ1n) is 6.46. The highest BCUT2D eigenvalue weighted by atomic mass is 35.5. The molecule has 1 aromatic rings. The van der Waals surface area contributed by atoms with Crippen molar-refractivity contribution in [3.8, 4) is 0 Å². The molecule has 1 N–H and O–H groups in total. The summed E-state index contributed by atoms with van der Waals surface area (Å²) >= 11 is 5.81. The minimum absolute atomic E-state index is 0.178. The van der Waals surface area contributed by atoms with Gasteiger partial charge < -0.3 is 10.2 Å². The molecule has 0 heterocycles. The first-order valence-corrected chi connectivity index (χ1v) is 6.84. The summed E-state index contributed by atoms with van der Waals surface area (Å²) in [6.45, 7) is 0. The molecule has 0 saturated heterocycles. The van der Waals surface area contributed by atoms with Gasteiger partial charge in [0.2, 0.25) is 0 Å². The fourth-order valence-electron chi connectivity index (χ4n) is 2.70. The molecular formula is C14H20ClFN2. The van der Waals surface area contributed by atoms with Crippen LogP contribution in [0.15, 0.2) is 18.2 Å². The number of hydrogen-bond acceptors (Lipinski definition) is 2. The Hall–Kier alpha value is -0.800. The van der Waals surface area contributed by atoms with Gasteiger partial charge in [-0.3, -0.25) is 0 Å². The first kappa shape index (κ1) is 13.6. The van der Waals surface area contributed by atoms with Gasteiger partial charge in [-0.2, -0.15) is 0 Å². The Balaban J connectivity index is 2.08. The monoisotopic (exact) mass is 270 g/mol. The Morgan fingerprint density at radius 2 is 2.00 bits per heavy atom. The van der Waals surface area contributed by atoms with E-state index >= 15 is 0 Å². The number of halogens is 2. The van der Waals surface area contributed by atoms with Crippen LogP contribution in [0.2, 0.25) is 5.02 Å². The Labute approximate surface area is 113 Å². The van der Waals surface area contributed by atoms with Crippen LogP contribution in [0.1, 0.15) is 25.7 Å². The molecule has 1 fully saturated rings. The highest BCUT2D eigenvalue weighted by Crippen LogP contribution is 2.26. The molecular weight excluding hydrogens is 251 g/mol. The molecule has 0 aliphatic heterocycles. The van der Waals surface area contributed by atoms with Gasteiger partial charge in [0, 0.05) is 17.8 Å². The van der Waals surface area contributed by atoms with Gasteiger partial charge in [-0.05, 0) is 45.1 Å². The molecule has 0 aromatic heterocycles. The maximum Gasteiger partial charge on any atom is 0.141 e. The van der Waals surface area contributed by atoms with Gasteiger partial charge in [-0.1, -0.05) is 24.4 Å². The van der Waals surface area contributed by atoms with E-state index in [0.717, 1.165) is 12.1 Å². The summed E-state index contributed by atoms with van der Waals surface area (Å²) in [5.74, 6) is -0.366. The van der Waals surface area contributed by atoms with Crippen molar-refractivity contribution in [3.63, 3.8) is 0 Å². The van der Waals surface area contributed by atoms with E-state index in [1.807, 2.05) is 0 Å². The second-order valence-corrected chi connectivity index (χ2v) is 5.60. The van der Waals surface area contributed by atoms with E-state index < -0.39 is 0 Å². The molecule has 0 spiro atoms. The average molecular weight is 271 g/mol. The molecule has 4 heteroatoms. The maximum atomic E-state index is 13.1. The van der Waals surface area contributed by atoms with E-state index in [2.05, 4.69) is 24.3 Å². The topological polar surface area (TPSA) is 15.3 Å². The van der Waals surface area contributed by atoms with E-state index in [0.29, 0.717) is 12.1 Å². The highest BCUT2D eigenvalue weighted by Gasteiger charge is 2.26. The van der Waals surface area contributed by atoms with Gasteiger partial charge >= 0.3 is 0 Å². The van der Waals surface area contributed by atoms with Crippen molar-refractivity contribution in [2.45, 2.75) is 37.8 Å². The lowest BCUT2D eigenvalue weighted by molar-refractivity contribution is 0.211. The number of likely N-dealkylation sites (N-methyl/N-ethyl adjacent to an activating group) is 1. The molecule has 1 aliphatic carbocycles. The summed E-state index contributed by atoms with van der Waals surface area (Å²) in [6.07, 6.45) is 4.89. The molecule has 1 saturated carbocycles. The summed E-state index contributed by atoms with van der Waals surface area (Å²) in [5.41, 5.74) is 0.903. The summed E-state index contributed by atoms with van der Waals surface area (Å²) in [6, 6.07) is 5.77. The standard InChI is InChI=1S/C14H20ClFN2/c1-18(2)14-6-4-3-5-13(14)17-10-7-8-12(16)11(15)9-10/h7-9,13-14,17H,3-6H2,1-2H3. The summed E-state index contributed by atoms with van der Waals surface area (Å²) in [4.78, 5) is 2.27. The van der Waals surface area contributed by atoms with E-state index in [4.69, 9.17) is 11.6 Å². The first-order chi connectivity index (χ1) is 8.58. The van der Waals surface area contributed by atoms with Crippen LogP contribution in [-0.4, -0.2) is 31.1 Å². The summed E-state index contributed by atoms with van der Waals surface area (Å²) < 4.78 is 13.1. The van der Waals surface area contributed by atoms with Crippen molar-refractivity contribution in [1.82, 2.24) is 4.90 Å². The third-order valence-corrected chi connectivity index (χ3v) is 3.95. The minimum Gasteiger partial charge on any atom is -0.381 e. The molecule has 0 bridgehead atoms. The van der Waals surface area contributed by atoms with Crippen LogP contribution in [0.5, 0.6) is 0 Å². The zero-order valence-electron chi connectivity index (χ0n) is 10.9. The normalized spacial score (nSPS) is 24.3. The van der Waals surface area contributed by atoms with Crippen LogP contribution in [0.25, 0.3) is 0 Å². The van der Waals surface area contributed by atoms with Crippen molar-refractivity contribution >= 4 is 17.3 Å². The van der Waals surface area contributed by atoms with Gasteiger partial charge in [0.1, 0.15) is 5.82 Å². The maximum absolute atomic E-state index is 13.1. The molecule has 1 aromatic carbocycles. The van der Waals surface area contributed by atoms with Crippen LogP contribution in [0.4, 0.5) is 10.1 Å². The van der Waals surface area contributed by atoms with Gasteiger partial charge in [-0.15, -0.1) is 0 Å². The summed E-state index contributed by atoms with van der Waals surface area (Å²) in [7, 11) is 4.23. The minimum atomic E-state index is -0.366. The third kappa shape index (κ3) is 3.15. The van der Waals surface area contributed by atoms with Crippen molar-refractivity contribution in [3.05, 3.63) is 29.0 Å². The second-order valence-electron chi connectivity index (χ2n) is 5.20. The molecule has 2 nitrogen and oxygen atoms in total. The molecule has 0 radical (unpaired) electrons. The SMILES string of the molecule is CN(C)C1CCCCC1Nc1ccc(F)c(Cl)c1. The number of nitrogens with one attached hydrogen (secondary N) is 1. The zero-order chi connectivity index (χ0) is 13.1. The molecule has 2 unspecified atom stereocenters. The second kappa shape index (κ2) is 5.89. The van der Waals surface area contributed by atoms with Gasteiger partial charge in [0.05, 0.1) is 5.02 Å². The Bertz CT molecular complexity index is 409. The Kier molecular flexibility index (Phi) is 4.46. The van der Waals surface area contributed by atoms with E-state index in [1.165, 1.54) is 25.3 Å². The molecule has 0 amide bonds. The van der Waals surface area contributed by atoms with Gasteiger partial charge in [0.15, 0.2) is 0 Å². The Morgan fingerprint density at radius 3 is 2.67 bits per heavy atom. The quantitative estimate of drug-likeness (QED) is 0.900. The van der Waals surface area contributed by atoms with Gasteiger partial charge in [-0.25, -0.2) is 4.39 Å². The van der Waals surface area contributed by atoms with Crippen LogP contribution in [-0.2, 0) is 0 Å². The predicted octanol–water partition coefficient (Wildman–Crippen LogP) is 3.76. The number of anilines is 1. The summed E-state index contributed by atoms with van der Waals surface area (Å²) in [5, 5.41) is 3.67. The van der Waals surface area contributed by atoms with Crippen molar-refractivity contribution in [2.24, 2.45) is 0 Å². The third-order valence-electron chi connectivity index (χ3n) is 3.66. The van der Waals surface area contributed by atoms with Crippen molar-refractivity contribution < 1.29 is 4.39 Å². The van der Waals surface area contributed by atoms with E-state index in [1.54, 1.807) is 12.1 Å². The average Bonchev–Trinajstić information content (AvgIpc) is 2.34. The van der Waals surface area contributed by atoms with Crippen LogP contribution in [0, 0.1) is 5.82 Å². The number of rotatable bonds is 3. The lowest BCUT2D eigenvalue weighted by Gasteiger charge is -2.37. The van der Waals surface area contributed by atoms with E-state index in [-0.39, 0.29) is 10.8 Å². The number of hydrogen-bond donors (Lipinski definition) is 1. The van der Waals surface area contributed by atoms with E-state index in [9.17, 15) is 4.39 Å². The fraction of sp³-hybridized carbons (Fsp3) is 0.571. The molecule has 1 aliphatic rings. The fourth-order valence-corrected chi connectivity index (χ4v) is 2.88. The van der Waals surface area contributed by atoms with Crippen molar-refractivity contribution in [1.29, 1.82) is 0 Å². The molecule has 2 atom stereocenters. The predicted molar refractivity (Wildman–Crippen MR) is 74.8 cm³/mol. The lowest BCUT2D eigenvalue weighted by Crippen LogP contribution is -2.45. The smallest absolute Gasteiger partial charge is 0.141 e. The molecule has 2 rings (SSSR count). The van der Waals surface area contributed by atoms with Crippen LogP contribution < -0.4 is 5.32 Å². The molecule has 100 valence electrons. The van der Waals surface area contributed by atoms with Crippen molar-refractivity contribution in [2.75, 3.05) is 19.4 Å². The zero-order valence-corrected chi connectivity index (χ0v) is 11.7. The largest absolute Gasteiger partial charge is 0.381 e.